The molecule has 180 valence electrons. The molecule has 0 aliphatic heterocycles. The van der Waals surface area contributed by atoms with Crippen LogP contribution in [0.4, 0.5) is 5.69 Å². The van der Waals surface area contributed by atoms with Crippen LogP contribution in [0.15, 0.2) is 53.0 Å². The summed E-state index contributed by atoms with van der Waals surface area (Å²) in [7, 11) is -3.73. The third-order valence-corrected chi connectivity index (χ3v) is 7.62. The maximum Gasteiger partial charge on any atom is 0.244 e. The van der Waals surface area contributed by atoms with Crippen LogP contribution in [0.25, 0.3) is 0 Å². The minimum atomic E-state index is -3.73. The van der Waals surface area contributed by atoms with Crippen LogP contribution in [0.3, 0.4) is 0 Å². The molecule has 0 radical (unpaired) electrons. The van der Waals surface area contributed by atoms with E-state index in [0.29, 0.717) is 5.69 Å². The first kappa shape index (κ1) is 27.6. The van der Waals surface area contributed by atoms with Gasteiger partial charge in [0, 0.05) is 20.6 Å². The van der Waals surface area contributed by atoms with E-state index in [1.165, 1.54) is 4.90 Å². The number of nitrogens with one attached hydrogen (secondary N) is 1. The Bertz CT molecular complexity index is 1060. The topological polar surface area (TPSA) is 86.8 Å². The zero-order valence-corrected chi connectivity index (χ0v) is 23.6. The van der Waals surface area contributed by atoms with E-state index in [4.69, 9.17) is 0 Å². The SMILES string of the molecule is CC[C@@H](C)NC(=O)[C@@H](C)N(Cc1ccc(Br)cc1)C(=O)CN(c1ccc(I)cc1)S(C)(=O)=O. The molecule has 0 fully saturated rings. The van der Waals surface area contributed by atoms with Gasteiger partial charge in [0.15, 0.2) is 0 Å². The molecule has 2 aromatic rings. The highest BCUT2D eigenvalue weighted by Gasteiger charge is 2.30. The second kappa shape index (κ2) is 12.2. The molecule has 0 aromatic heterocycles. The average molecular weight is 650 g/mol. The molecule has 0 bridgehead atoms. The van der Waals surface area contributed by atoms with Crippen LogP contribution < -0.4 is 9.62 Å². The van der Waals surface area contributed by atoms with E-state index in [-0.39, 0.29) is 18.5 Å². The van der Waals surface area contributed by atoms with E-state index in [1.54, 1.807) is 31.2 Å². The first-order valence-corrected chi connectivity index (χ1v) is 14.2. The summed E-state index contributed by atoms with van der Waals surface area (Å²) in [6, 6.07) is 13.5. The van der Waals surface area contributed by atoms with Crippen molar-refractivity contribution in [2.24, 2.45) is 0 Å². The monoisotopic (exact) mass is 649 g/mol. The quantitative estimate of drug-likeness (QED) is 0.392. The Morgan fingerprint density at radius 1 is 1.06 bits per heavy atom. The Hall–Kier alpha value is -1.66. The third kappa shape index (κ3) is 8.25. The van der Waals surface area contributed by atoms with Gasteiger partial charge in [-0.15, -0.1) is 0 Å². The van der Waals surface area contributed by atoms with Gasteiger partial charge in [0.2, 0.25) is 21.8 Å². The number of hydrogen-bond donors (Lipinski definition) is 1. The molecule has 2 amide bonds. The third-order valence-electron chi connectivity index (χ3n) is 5.23. The predicted octanol–water partition coefficient (Wildman–Crippen LogP) is 4.15. The zero-order chi connectivity index (χ0) is 24.8. The molecular formula is C23H29BrIN3O4S. The second-order valence-electron chi connectivity index (χ2n) is 7.89. The lowest BCUT2D eigenvalue weighted by atomic mass is 10.1. The number of anilines is 1. The summed E-state index contributed by atoms with van der Waals surface area (Å²) in [6.45, 7) is 5.28. The van der Waals surface area contributed by atoms with Gasteiger partial charge in [-0.25, -0.2) is 8.42 Å². The molecule has 2 aromatic carbocycles. The van der Waals surface area contributed by atoms with Crippen molar-refractivity contribution in [1.29, 1.82) is 0 Å². The van der Waals surface area contributed by atoms with Crippen molar-refractivity contribution in [3.63, 3.8) is 0 Å². The van der Waals surface area contributed by atoms with Gasteiger partial charge in [-0.3, -0.25) is 13.9 Å². The molecule has 0 saturated carbocycles. The Labute approximate surface area is 218 Å². The molecule has 0 unspecified atom stereocenters. The molecule has 0 aliphatic rings. The summed E-state index contributed by atoms with van der Waals surface area (Å²) in [6.07, 6.45) is 1.82. The number of halogens is 2. The van der Waals surface area contributed by atoms with Crippen molar-refractivity contribution in [3.8, 4) is 0 Å². The Kier molecular flexibility index (Phi) is 10.2. The minimum absolute atomic E-state index is 0.0381. The summed E-state index contributed by atoms with van der Waals surface area (Å²) in [5, 5.41) is 2.91. The number of nitrogens with zero attached hydrogens (tertiary/aromatic N) is 2. The van der Waals surface area contributed by atoms with Crippen LogP contribution in [-0.4, -0.2) is 50.0 Å². The highest BCUT2D eigenvalue weighted by Crippen LogP contribution is 2.21. The number of rotatable bonds is 10. The molecule has 10 heteroatoms. The van der Waals surface area contributed by atoms with Crippen molar-refractivity contribution in [2.45, 2.75) is 45.8 Å². The van der Waals surface area contributed by atoms with E-state index < -0.39 is 28.5 Å². The fourth-order valence-electron chi connectivity index (χ4n) is 3.06. The smallest absolute Gasteiger partial charge is 0.244 e. The molecule has 0 aliphatic carbocycles. The molecule has 0 spiro atoms. The van der Waals surface area contributed by atoms with Crippen molar-refractivity contribution in [1.82, 2.24) is 10.2 Å². The highest BCUT2D eigenvalue weighted by molar-refractivity contribution is 14.1. The van der Waals surface area contributed by atoms with Crippen molar-refractivity contribution in [3.05, 3.63) is 62.1 Å². The number of benzene rings is 2. The number of carbonyl (C=O) groups is 2. The van der Waals surface area contributed by atoms with Gasteiger partial charge in [-0.1, -0.05) is 35.0 Å². The van der Waals surface area contributed by atoms with E-state index in [9.17, 15) is 18.0 Å². The normalized spacial score (nSPS) is 13.2. The van der Waals surface area contributed by atoms with E-state index in [0.717, 1.165) is 30.6 Å². The molecule has 7 nitrogen and oxygen atoms in total. The number of carbonyl (C=O) groups excluding carboxylic acids is 2. The molecule has 2 rings (SSSR count). The van der Waals surface area contributed by atoms with Crippen molar-refractivity contribution in [2.75, 3.05) is 17.1 Å². The molecule has 0 saturated heterocycles. The van der Waals surface area contributed by atoms with Gasteiger partial charge in [0.25, 0.3) is 0 Å². The van der Waals surface area contributed by atoms with Gasteiger partial charge in [0.05, 0.1) is 11.9 Å². The van der Waals surface area contributed by atoms with Crippen molar-refractivity contribution < 1.29 is 18.0 Å². The summed E-state index contributed by atoms with van der Waals surface area (Å²) in [5.41, 5.74) is 1.22. The Morgan fingerprint density at radius 2 is 1.64 bits per heavy atom. The van der Waals surface area contributed by atoms with Crippen molar-refractivity contribution >= 4 is 66.0 Å². The van der Waals surface area contributed by atoms with Crippen LogP contribution in [0.1, 0.15) is 32.8 Å². The Morgan fingerprint density at radius 3 is 2.15 bits per heavy atom. The zero-order valence-electron chi connectivity index (χ0n) is 19.1. The first-order valence-electron chi connectivity index (χ1n) is 10.5. The van der Waals surface area contributed by atoms with Gasteiger partial charge in [-0.05, 0) is 84.8 Å². The van der Waals surface area contributed by atoms with E-state index >= 15 is 0 Å². The number of hydrogen-bond acceptors (Lipinski definition) is 4. The first-order chi connectivity index (χ1) is 15.4. The maximum absolute atomic E-state index is 13.4. The van der Waals surface area contributed by atoms with Gasteiger partial charge in [0.1, 0.15) is 12.6 Å². The fraction of sp³-hybridized carbons (Fsp3) is 0.391. The van der Waals surface area contributed by atoms with Crippen LogP contribution in [-0.2, 0) is 26.2 Å². The lowest BCUT2D eigenvalue weighted by molar-refractivity contribution is -0.139. The summed E-state index contributed by atoms with van der Waals surface area (Å²) >= 11 is 5.52. The fourth-order valence-corrected chi connectivity index (χ4v) is 4.53. The number of sulfonamides is 1. The Balaban J connectivity index is 2.36. The average Bonchev–Trinajstić information content (AvgIpc) is 2.76. The summed E-state index contributed by atoms with van der Waals surface area (Å²) in [4.78, 5) is 27.7. The van der Waals surface area contributed by atoms with Gasteiger partial charge >= 0.3 is 0 Å². The van der Waals surface area contributed by atoms with Crippen LogP contribution in [0.2, 0.25) is 0 Å². The lowest BCUT2D eigenvalue weighted by Gasteiger charge is -2.32. The molecular weight excluding hydrogens is 621 g/mol. The van der Waals surface area contributed by atoms with Gasteiger partial charge < -0.3 is 10.2 Å². The standard InChI is InChI=1S/C23H29BrIN3O4S/c1-5-16(2)26-23(30)17(3)27(14-18-6-8-19(24)9-7-18)22(29)15-28(33(4,31)32)21-12-10-20(25)11-13-21/h6-13,16-17H,5,14-15H2,1-4H3,(H,26,30)/t16-,17-/m1/s1. The van der Waals surface area contributed by atoms with Gasteiger partial charge in [-0.2, -0.15) is 0 Å². The number of amides is 2. The van der Waals surface area contributed by atoms with E-state index in [1.807, 2.05) is 38.1 Å². The summed E-state index contributed by atoms with van der Waals surface area (Å²) in [5.74, 6) is -0.747. The van der Waals surface area contributed by atoms with Crippen LogP contribution >= 0.6 is 38.5 Å². The molecule has 1 N–H and O–H groups in total. The highest BCUT2D eigenvalue weighted by atomic mass is 127. The minimum Gasteiger partial charge on any atom is -0.352 e. The predicted molar refractivity (Wildman–Crippen MR) is 143 cm³/mol. The summed E-state index contributed by atoms with van der Waals surface area (Å²) < 4.78 is 28.0. The van der Waals surface area contributed by atoms with E-state index in [2.05, 4.69) is 43.8 Å². The molecule has 33 heavy (non-hydrogen) atoms. The second-order valence-corrected chi connectivity index (χ2v) is 12.0. The van der Waals surface area contributed by atoms with Crippen LogP contribution in [0.5, 0.6) is 0 Å². The maximum atomic E-state index is 13.4. The largest absolute Gasteiger partial charge is 0.352 e. The lowest BCUT2D eigenvalue weighted by Crippen LogP contribution is -2.52. The van der Waals surface area contributed by atoms with Crippen LogP contribution in [0, 0.1) is 3.57 Å². The molecule has 0 heterocycles. The molecule has 2 atom stereocenters.